The highest BCUT2D eigenvalue weighted by molar-refractivity contribution is 6.78. The van der Waals surface area contributed by atoms with Crippen LogP contribution >= 0.6 is 0 Å². The van der Waals surface area contributed by atoms with Crippen LogP contribution in [0.1, 0.15) is 38.7 Å². The molecular formula is C19H29NOSi. The average Bonchev–Trinajstić information content (AvgIpc) is 3.27. The third-order valence-electron chi connectivity index (χ3n) is 5.99. The topological polar surface area (TPSA) is 33.0 Å². The van der Waals surface area contributed by atoms with E-state index in [1.54, 1.807) is 7.11 Å². The van der Waals surface area contributed by atoms with Crippen molar-refractivity contribution >= 4 is 8.07 Å². The molecule has 0 aromatic heterocycles. The number of nitriles is 1. The fourth-order valence-corrected chi connectivity index (χ4v) is 6.16. The Morgan fingerprint density at radius 3 is 2.50 bits per heavy atom. The zero-order chi connectivity index (χ0) is 16.4. The van der Waals surface area contributed by atoms with Crippen molar-refractivity contribution in [3.05, 3.63) is 29.8 Å². The molecule has 0 amide bonds. The van der Waals surface area contributed by atoms with E-state index >= 15 is 0 Å². The molecule has 1 unspecified atom stereocenters. The van der Waals surface area contributed by atoms with Crippen molar-refractivity contribution in [2.24, 2.45) is 5.92 Å². The SMILES string of the molecule is CCC(C)[Si](C)(C)CC[C@H]1C[C@]1(C#N)c1ccc(OC)cc1. The van der Waals surface area contributed by atoms with Crippen molar-refractivity contribution in [3.63, 3.8) is 0 Å². The first kappa shape index (κ1) is 17.1. The molecule has 2 rings (SSSR count). The maximum atomic E-state index is 9.72. The Morgan fingerprint density at radius 2 is 2.00 bits per heavy atom. The molecule has 1 aliphatic rings. The number of hydrogen-bond acceptors (Lipinski definition) is 2. The van der Waals surface area contributed by atoms with Crippen molar-refractivity contribution in [1.29, 1.82) is 5.26 Å². The van der Waals surface area contributed by atoms with E-state index in [0.29, 0.717) is 5.92 Å². The van der Waals surface area contributed by atoms with Gasteiger partial charge in [0.2, 0.25) is 0 Å². The molecule has 3 heteroatoms. The quantitative estimate of drug-likeness (QED) is 0.633. The highest BCUT2D eigenvalue weighted by atomic mass is 28.3. The molecule has 0 heterocycles. The summed E-state index contributed by atoms with van der Waals surface area (Å²) >= 11 is 0. The summed E-state index contributed by atoms with van der Waals surface area (Å²) in [6.45, 7) is 9.71. The van der Waals surface area contributed by atoms with Crippen molar-refractivity contribution < 1.29 is 4.74 Å². The van der Waals surface area contributed by atoms with Gasteiger partial charge in [0.1, 0.15) is 5.75 Å². The van der Waals surface area contributed by atoms with Gasteiger partial charge >= 0.3 is 0 Å². The van der Waals surface area contributed by atoms with Crippen LogP contribution in [0.15, 0.2) is 24.3 Å². The molecule has 22 heavy (non-hydrogen) atoms. The summed E-state index contributed by atoms with van der Waals surface area (Å²) < 4.78 is 5.22. The second-order valence-corrected chi connectivity index (χ2v) is 13.0. The fourth-order valence-electron chi connectivity index (χ4n) is 3.47. The predicted octanol–water partition coefficient (Wildman–Crippen LogP) is 5.38. The first-order chi connectivity index (χ1) is 10.4. The minimum Gasteiger partial charge on any atom is -0.497 e. The van der Waals surface area contributed by atoms with E-state index in [0.717, 1.165) is 17.7 Å². The lowest BCUT2D eigenvalue weighted by Crippen LogP contribution is -2.30. The Bertz CT molecular complexity index is 546. The highest BCUT2D eigenvalue weighted by Gasteiger charge is 2.55. The lowest BCUT2D eigenvalue weighted by Gasteiger charge is -2.29. The molecule has 1 aromatic rings. The summed E-state index contributed by atoms with van der Waals surface area (Å²) in [4.78, 5) is 0. The van der Waals surface area contributed by atoms with Crippen molar-refractivity contribution in [1.82, 2.24) is 0 Å². The largest absolute Gasteiger partial charge is 0.497 e. The Kier molecular flexibility index (Phi) is 5.02. The molecule has 0 bridgehead atoms. The monoisotopic (exact) mass is 315 g/mol. The molecule has 1 saturated carbocycles. The van der Waals surface area contributed by atoms with Gasteiger partial charge in [-0.2, -0.15) is 5.26 Å². The van der Waals surface area contributed by atoms with Gasteiger partial charge in [0, 0.05) is 0 Å². The van der Waals surface area contributed by atoms with Crippen LogP contribution in [0.3, 0.4) is 0 Å². The van der Waals surface area contributed by atoms with Gasteiger partial charge in [-0.1, -0.05) is 58.0 Å². The Balaban J connectivity index is 2.02. The van der Waals surface area contributed by atoms with Crippen LogP contribution in [-0.2, 0) is 5.41 Å². The third kappa shape index (κ3) is 3.22. The van der Waals surface area contributed by atoms with Gasteiger partial charge in [-0.05, 0) is 35.6 Å². The van der Waals surface area contributed by atoms with Gasteiger partial charge in [0.25, 0.3) is 0 Å². The van der Waals surface area contributed by atoms with Crippen molar-refractivity contribution in [2.75, 3.05) is 7.11 Å². The van der Waals surface area contributed by atoms with E-state index in [-0.39, 0.29) is 5.41 Å². The molecule has 1 aliphatic carbocycles. The van der Waals surface area contributed by atoms with E-state index in [1.165, 1.54) is 24.4 Å². The van der Waals surface area contributed by atoms with Crippen molar-refractivity contribution in [2.45, 2.75) is 63.2 Å². The molecule has 3 atom stereocenters. The molecule has 0 spiro atoms. The molecule has 0 N–H and O–H groups in total. The minimum atomic E-state index is -1.15. The molecule has 1 fully saturated rings. The lowest BCUT2D eigenvalue weighted by atomic mass is 9.94. The van der Waals surface area contributed by atoms with Crippen LogP contribution < -0.4 is 4.74 Å². The second-order valence-electron chi connectivity index (χ2n) is 7.55. The third-order valence-corrected chi connectivity index (χ3v) is 10.6. The molecule has 0 aliphatic heterocycles. The maximum Gasteiger partial charge on any atom is 0.118 e. The number of benzene rings is 1. The van der Waals surface area contributed by atoms with Crippen LogP contribution in [0.5, 0.6) is 5.75 Å². The van der Waals surface area contributed by atoms with Gasteiger partial charge < -0.3 is 4.74 Å². The molecule has 0 radical (unpaired) electrons. The minimum absolute atomic E-state index is 0.230. The van der Waals surface area contributed by atoms with E-state index in [1.807, 2.05) is 12.1 Å². The zero-order valence-corrected chi connectivity index (χ0v) is 15.6. The second kappa shape index (κ2) is 6.46. The van der Waals surface area contributed by atoms with E-state index in [2.05, 4.69) is 45.1 Å². The Labute approximate surface area is 136 Å². The zero-order valence-electron chi connectivity index (χ0n) is 14.6. The summed E-state index contributed by atoms with van der Waals surface area (Å²) in [6.07, 6.45) is 3.52. The first-order valence-corrected chi connectivity index (χ1v) is 11.7. The van der Waals surface area contributed by atoms with Gasteiger partial charge in [0.05, 0.1) is 26.7 Å². The molecular weight excluding hydrogens is 286 g/mol. The van der Waals surface area contributed by atoms with Gasteiger partial charge in [-0.3, -0.25) is 0 Å². The van der Waals surface area contributed by atoms with E-state index in [9.17, 15) is 5.26 Å². The van der Waals surface area contributed by atoms with Crippen LogP contribution in [0.2, 0.25) is 24.7 Å². The Hall–Kier alpha value is -1.27. The van der Waals surface area contributed by atoms with E-state index < -0.39 is 8.07 Å². The Morgan fingerprint density at radius 1 is 1.36 bits per heavy atom. The number of nitrogens with zero attached hydrogens (tertiary/aromatic N) is 1. The van der Waals surface area contributed by atoms with Crippen LogP contribution in [0, 0.1) is 17.2 Å². The standard InChI is InChI=1S/C19H29NOSi/c1-6-15(2)22(4,5)12-11-17-13-19(17,14-20)16-7-9-18(21-3)10-8-16/h7-10,15,17H,6,11-13H2,1-5H3/t15?,17-,19-/m0/s1. The van der Waals surface area contributed by atoms with Crippen LogP contribution in [-0.4, -0.2) is 15.2 Å². The van der Waals surface area contributed by atoms with Crippen molar-refractivity contribution in [3.8, 4) is 11.8 Å². The van der Waals surface area contributed by atoms with Crippen LogP contribution in [0.4, 0.5) is 0 Å². The summed E-state index contributed by atoms with van der Waals surface area (Å²) in [7, 11) is 0.527. The highest BCUT2D eigenvalue weighted by Crippen LogP contribution is 2.57. The van der Waals surface area contributed by atoms with E-state index in [4.69, 9.17) is 4.74 Å². The number of rotatable bonds is 7. The van der Waals surface area contributed by atoms with Crippen LogP contribution in [0.25, 0.3) is 0 Å². The average molecular weight is 316 g/mol. The number of methoxy groups -OCH3 is 1. The summed E-state index contributed by atoms with van der Waals surface area (Å²) in [5, 5.41) is 9.72. The molecule has 120 valence electrons. The summed E-state index contributed by atoms with van der Waals surface area (Å²) in [5.41, 5.74) is 1.80. The fraction of sp³-hybridized carbons (Fsp3) is 0.632. The first-order valence-electron chi connectivity index (χ1n) is 8.45. The summed E-state index contributed by atoms with van der Waals surface area (Å²) in [5.74, 6) is 1.40. The van der Waals surface area contributed by atoms with Gasteiger partial charge in [-0.25, -0.2) is 0 Å². The molecule has 2 nitrogen and oxygen atoms in total. The van der Waals surface area contributed by atoms with Gasteiger partial charge in [0.15, 0.2) is 0 Å². The smallest absolute Gasteiger partial charge is 0.118 e. The normalized spacial score (nSPS) is 25.4. The maximum absolute atomic E-state index is 9.72. The number of ether oxygens (including phenoxy) is 1. The predicted molar refractivity (Wildman–Crippen MR) is 95.0 cm³/mol. The van der Waals surface area contributed by atoms with Gasteiger partial charge in [-0.15, -0.1) is 0 Å². The lowest BCUT2D eigenvalue weighted by molar-refractivity contribution is 0.414. The summed E-state index contributed by atoms with van der Waals surface area (Å²) in [6, 6.07) is 12.0. The molecule has 1 aromatic carbocycles. The molecule has 0 saturated heterocycles. The number of hydrogen-bond donors (Lipinski definition) is 0.